The molecule has 7 nitrogen and oxygen atoms in total. The third-order valence-electron chi connectivity index (χ3n) is 5.13. The van der Waals surface area contributed by atoms with Crippen LogP contribution in [-0.4, -0.2) is 42.6 Å². The molecule has 1 aliphatic rings. The quantitative estimate of drug-likeness (QED) is 0.859. The Kier molecular flexibility index (Phi) is 4.85. The minimum atomic E-state index is -0.236. The molecular weight excluding hydrogens is 324 g/mol. The number of ether oxygens (including phenoxy) is 3. The van der Waals surface area contributed by atoms with Crippen LogP contribution >= 0.6 is 0 Å². The second-order valence-corrected chi connectivity index (χ2v) is 6.58. The van der Waals surface area contributed by atoms with E-state index in [1.54, 1.807) is 10.6 Å². The molecule has 1 N–H and O–H groups in total. The lowest BCUT2D eigenvalue weighted by Gasteiger charge is -2.27. The Hall–Kier alpha value is -2.28. The van der Waals surface area contributed by atoms with Gasteiger partial charge in [-0.15, -0.1) is 0 Å². The van der Waals surface area contributed by atoms with Gasteiger partial charge < -0.3 is 19.3 Å². The average molecular weight is 348 g/mol. The van der Waals surface area contributed by atoms with Crippen molar-refractivity contribution in [2.75, 3.05) is 27.9 Å². The summed E-state index contributed by atoms with van der Waals surface area (Å²) in [6.45, 7) is 0.536. The molecule has 1 saturated carbocycles. The number of benzene rings is 1. The van der Waals surface area contributed by atoms with Gasteiger partial charge in [0.2, 0.25) is 5.75 Å². The van der Waals surface area contributed by atoms with Crippen LogP contribution in [0.5, 0.6) is 17.2 Å². The number of methoxy groups -OCH3 is 3. The minimum absolute atomic E-state index is 0.0761. The Labute approximate surface area is 146 Å². The summed E-state index contributed by atoms with van der Waals surface area (Å²) in [6.07, 6.45) is 5.52. The molecule has 0 saturated heterocycles. The van der Waals surface area contributed by atoms with E-state index in [9.17, 15) is 9.90 Å². The normalized spacial score (nSPS) is 16.2. The van der Waals surface area contributed by atoms with Gasteiger partial charge in [-0.3, -0.25) is 9.36 Å². The summed E-state index contributed by atoms with van der Waals surface area (Å²) >= 11 is 0. The number of aliphatic hydroxyl groups excluding tert-OH is 1. The molecular formula is C18H24N2O5. The van der Waals surface area contributed by atoms with E-state index < -0.39 is 0 Å². The van der Waals surface area contributed by atoms with Gasteiger partial charge in [0.05, 0.1) is 39.6 Å². The number of nitrogens with zero attached hydrogens (tertiary/aromatic N) is 2. The molecule has 1 fully saturated rings. The van der Waals surface area contributed by atoms with Crippen LogP contribution in [0, 0.1) is 5.41 Å². The first kappa shape index (κ1) is 17.5. The van der Waals surface area contributed by atoms with Crippen molar-refractivity contribution in [3.8, 4) is 17.2 Å². The number of fused-ring (bicyclic) bond motifs is 1. The maximum atomic E-state index is 13.0. The number of aromatic nitrogens is 2. The van der Waals surface area contributed by atoms with Gasteiger partial charge in [-0.25, -0.2) is 4.98 Å². The Morgan fingerprint density at radius 2 is 1.84 bits per heavy atom. The van der Waals surface area contributed by atoms with Crippen molar-refractivity contribution >= 4 is 10.9 Å². The molecule has 0 unspecified atom stereocenters. The molecule has 0 bridgehead atoms. The van der Waals surface area contributed by atoms with Crippen molar-refractivity contribution in [2.24, 2.45) is 5.41 Å². The molecule has 25 heavy (non-hydrogen) atoms. The first-order valence-electron chi connectivity index (χ1n) is 8.38. The zero-order valence-electron chi connectivity index (χ0n) is 14.9. The van der Waals surface area contributed by atoms with Gasteiger partial charge in [-0.1, -0.05) is 12.8 Å². The molecule has 1 aliphatic carbocycles. The largest absolute Gasteiger partial charge is 0.493 e. The van der Waals surface area contributed by atoms with E-state index in [1.165, 1.54) is 27.7 Å². The molecule has 7 heteroatoms. The number of aliphatic hydroxyl groups is 1. The first-order valence-corrected chi connectivity index (χ1v) is 8.38. The fourth-order valence-corrected chi connectivity index (χ4v) is 3.73. The van der Waals surface area contributed by atoms with Crippen LogP contribution in [0.25, 0.3) is 10.9 Å². The third kappa shape index (κ3) is 2.93. The van der Waals surface area contributed by atoms with E-state index in [0.29, 0.717) is 34.7 Å². The Bertz CT molecular complexity index is 824. The van der Waals surface area contributed by atoms with Gasteiger partial charge in [0.15, 0.2) is 11.5 Å². The van der Waals surface area contributed by atoms with Crippen molar-refractivity contribution in [1.82, 2.24) is 9.55 Å². The van der Waals surface area contributed by atoms with Crippen LogP contribution in [0.2, 0.25) is 0 Å². The van der Waals surface area contributed by atoms with Crippen molar-refractivity contribution < 1.29 is 19.3 Å². The number of rotatable bonds is 6. The van der Waals surface area contributed by atoms with Crippen LogP contribution in [0.3, 0.4) is 0 Å². The molecule has 136 valence electrons. The summed E-state index contributed by atoms with van der Waals surface area (Å²) in [5.41, 5.74) is 0.0228. The number of hydrogen-bond donors (Lipinski definition) is 1. The predicted molar refractivity (Wildman–Crippen MR) is 93.6 cm³/mol. The molecule has 1 aromatic heterocycles. The van der Waals surface area contributed by atoms with E-state index in [0.717, 1.165) is 25.7 Å². The first-order chi connectivity index (χ1) is 12.1. The summed E-state index contributed by atoms with van der Waals surface area (Å²) in [5, 5.41) is 10.2. The Balaban J connectivity index is 2.15. The van der Waals surface area contributed by atoms with Gasteiger partial charge in [-0.05, 0) is 18.9 Å². The summed E-state index contributed by atoms with van der Waals surface area (Å²) < 4.78 is 17.7. The summed E-state index contributed by atoms with van der Waals surface area (Å²) in [4.78, 5) is 17.4. The van der Waals surface area contributed by atoms with Crippen molar-refractivity contribution in [1.29, 1.82) is 0 Å². The molecule has 0 amide bonds. The monoisotopic (exact) mass is 348 g/mol. The highest BCUT2D eigenvalue weighted by molar-refractivity contribution is 5.89. The van der Waals surface area contributed by atoms with Gasteiger partial charge >= 0.3 is 0 Å². The van der Waals surface area contributed by atoms with Crippen molar-refractivity contribution in [3.05, 3.63) is 22.7 Å². The molecule has 0 spiro atoms. The lowest BCUT2D eigenvalue weighted by Crippen LogP contribution is -2.33. The van der Waals surface area contributed by atoms with Crippen LogP contribution in [-0.2, 0) is 6.54 Å². The zero-order chi connectivity index (χ0) is 18.0. The fourth-order valence-electron chi connectivity index (χ4n) is 3.73. The highest BCUT2D eigenvalue weighted by Gasteiger charge is 2.34. The Morgan fingerprint density at radius 1 is 1.16 bits per heavy atom. The standard InChI is InChI=1S/C18H24N2O5/c1-23-13-8-12-14(16(25-3)15(13)24-2)19-11-20(17(12)22)9-18(10-21)6-4-5-7-18/h8,11,21H,4-7,9-10H2,1-3H3. The van der Waals surface area contributed by atoms with E-state index in [-0.39, 0.29) is 17.6 Å². The molecule has 0 aliphatic heterocycles. The molecule has 3 rings (SSSR count). The minimum Gasteiger partial charge on any atom is -0.493 e. The van der Waals surface area contributed by atoms with Crippen molar-refractivity contribution in [3.63, 3.8) is 0 Å². The smallest absolute Gasteiger partial charge is 0.261 e. The van der Waals surface area contributed by atoms with Gasteiger partial charge in [-0.2, -0.15) is 0 Å². The lowest BCUT2D eigenvalue weighted by molar-refractivity contribution is 0.110. The topological polar surface area (TPSA) is 82.8 Å². The van der Waals surface area contributed by atoms with E-state index in [1.807, 2.05) is 0 Å². The van der Waals surface area contributed by atoms with E-state index >= 15 is 0 Å². The molecule has 0 atom stereocenters. The maximum absolute atomic E-state index is 13.0. The van der Waals surface area contributed by atoms with Crippen LogP contribution in [0.4, 0.5) is 0 Å². The van der Waals surface area contributed by atoms with Crippen LogP contribution in [0.1, 0.15) is 25.7 Å². The molecule has 1 aromatic carbocycles. The maximum Gasteiger partial charge on any atom is 0.261 e. The third-order valence-corrected chi connectivity index (χ3v) is 5.13. The van der Waals surface area contributed by atoms with Crippen molar-refractivity contribution in [2.45, 2.75) is 32.2 Å². The average Bonchev–Trinajstić information content (AvgIpc) is 3.11. The lowest BCUT2D eigenvalue weighted by atomic mass is 9.87. The second kappa shape index (κ2) is 6.92. The second-order valence-electron chi connectivity index (χ2n) is 6.58. The molecule has 1 heterocycles. The summed E-state index contributed by atoms with van der Waals surface area (Å²) in [7, 11) is 4.53. The summed E-state index contributed by atoms with van der Waals surface area (Å²) in [6, 6.07) is 1.63. The number of hydrogen-bond acceptors (Lipinski definition) is 6. The van der Waals surface area contributed by atoms with Crippen LogP contribution < -0.4 is 19.8 Å². The molecule has 2 aromatic rings. The van der Waals surface area contributed by atoms with Gasteiger partial charge in [0, 0.05) is 12.0 Å². The highest BCUT2D eigenvalue weighted by Crippen LogP contribution is 2.42. The molecule has 0 radical (unpaired) electrons. The Morgan fingerprint density at radius 3 is 2.40 bits per heavy atom. The van der Waals surface area contributed by atoms with E-state index in [4.69, 9.17) is 14.2 Å². The van der Waals surface area contributed by atoms with Gasteiger partial charge in [0.1, 0.15) is 5.52 Å². The zero-order valence-corrected chi connectivity index (χ0v) is 14.9. The SMILES string of the molecule is COc1cc2c(=O)n(CC3(CO)CCCC3)cnc2c(OC)c1OC. The predicted octanol–water partition coefficient (Wildman–Crippen LogP) is 1.97. The van der Waals surface area contributed by atoms with E-state index in [2.05, 4.69) is 4.98 Å². The van der Waals surface area contributed by atoms with Crippen LogP contribution in [0.15, 0.2) is 17.2 Å². The highest BCUT2D eigenvalue weighted by atomic mass is 16.5. The fraction of sp³-hybridized carbons (Fsp3) is 0.556. The van der Waals surface area contributed by atoms with Gasteiger partial charge in [0.25, 0.3) is 5.56 Å². The summed E-state index contributed by atoms with van der Waals surface area (Å²) in [5.74, 6) is 1.20.